The minimum absolute atomic E-state index is 0.101. The molecule has 1 saturated carbocycles. The van der Waals surface area contributed by atoms with Crippen LogP contribution in [0.25, 0.3) is 0 Å². The van der Waals surface area contributed by atoms with E-state index < -0.39 is 0 Å². The van der Waals surface area contributed by atoms with Gasteiger partial charge in [-0.05, 0) is 67.6 Å². The summed E-state index contributed by atoms with van der Waals surface area (Å²) in [6, 6.07) is 0. The predicted octanol–water partition coefficient (Wildman–Crippen LogP) is 3.32. The highest BCUT2D eigenvalue weighted by atomic mass is 16.5. The Kier molecular flexibility index (Phi) is 4.81. The third-order valence-electron chi connectivity index (χ3n) is 7.84. The van der Waals surface area contributed by atoms with E-state index in [0.29, 0.717) is 29.9 Å². The number of Topliss-reactive ketones (excluding diaryl/α,β-unsaturated/α-hetero) is 1. The van der Waals surface area contributed by atoms with Gasteiger partial charge in [-0.2, -0.15) is 0 Å². The molecule has 0 aromatic heterocycles. The molecule has 5 rings (SSSR count). The highest BCUT2D eigenvalue weighted by Gasteiger charge is 2.45. The van der Waals surface area contributed by atoms with Crippen molar-refractivity contribution in [3.05, 3.63) is 22.8 Å². The Bertz CT molecular complexity index is 700. The number of hydrogen-bond acceptors (Lipinski definition) is 4. The zero-order chi connectivity index (χ0) is 18.4. The van der Waals surface area contributed by atoms with Gasteiger partial charge in [0.05, 0.1) is 19.8 Å². The number of ketones is 2. The van der Waals surface area contributed by atoms with Crippen LogP contribution in [0, 0.1) is 23.7 Å². The van der Waals surface area contributed by atoms with Crippen LogP contribution in [0.1, 0.15) is 51.4 Å². The van der Waals surface area contributed by atoms with Crippen LogP contribution in [-0.2, 0) is 14.3 Å². The summed E-state index contributed by atoms with van der Waals surface area (Å²) >= 11 is 0. The summed E-state index contributed by atoms with van der Waals surface area (Å²) < 4.78 is 5.40. The lowest BCUT2D eigenvalue weighted by molar-refractivity contribution is -0.124. The molecule has 0 amide bonds. The van der Waals surface area contributed by atoms with Crippen molar-refractivity contribution in [2.75, 3.05) is 32.8 Å². The van der Waals surface area contributed by atoms with Gasteiger partial charge in [-0.3, -0.25) is 14.5 Å². The van der Waals surface area contributed by atoms with E-state index in [4.69, 9.17) is 4.74 Å². The van der Waals surface area contributed by atoms with Crippen molar-refractivity contribution in [1.82, 2.24) is 4.90 Å². The lowest BCUT2D eigenvalue weighted by atomic mass is 9.60. The maximum atomic E-state index is 13.0. The second-order valence-electron chi connectivity index (χ2n) is 9.15. The molecule has 0 aromatic carbocycles. The number of ether oxygens (including phenoxy) is 1. The fourth-order valence-electron chi connectivity index (χ4n) is 6.52. The van der Waals surface area contributed by atoms with Crippen LogP contribution >= 0.6 is 0 Å². The van der Waals surface area contributed by atoms with Crippen LogP contribution in [-0.4, -0.2) is 49.3 Å². The summed E-state index contributed by atoms with van der Waals surface area (Å²) in [7, 11) is 0. The smallest absolute Gasteiger partial charge is 0.159 e. The molecule has 1 aliphatic heterocycles. The second kappa shape index (κ2) is 7.29. The van der Waals surface area contributed by atoms with Crippen molar-refractivity contribution in [2.24, 2.45) is 23.7 Å². The number of carbonyl (C=O) groups is 2. The first-order chi connectivity index (χ1) is 13.2. The van der Waals surface area contributed by atoms with Crippen molar-refractivity contribution in [3.8, 4) is 0 Å². The van der Waals surface area contributed by atoms with E-state index in [9.17, 15) is 9.59 Å². The Morgan fingerprint density at radius 3 is 2.70 bits per heavy atom. The molecular weight excluding hydrogens is 338 g/mol. The summed E-state index contributed by atoms with van der Waals surface area (Å²) in [5.41, 5.74) is 4.13. The number of morpholine rings is 1. The Morgan fingerprint density at radius 2 is 1.85 bits per heavy atom. The molecule has 4 aliphatic carbocycles. The summed E-state index contributed by atoms with van der Waals surface area (Å²) in [6.07, 6.45) is 11.0. The molecule has 0 radical (unpaired) electrons. The molecule has 4 unspecified atom stereocenters. The third kappa shape index (κ3) is 3.15. The molecule has 5 aliphatic rings. The van der Waals surface area contributed by atoms with E-state index in [0.717, 1.165) is 58.4 Å². The standard InChI is InChI=1S/C23H31NO3/c25-22-13-21-17(15-3-1-2-4-19(15)22)6-5-16-18(21)7-8-20(16)23(26)14-24-9-11-27-12-10-24/h13,15,17,19-20H,1-12,14H2. The maximum absolute atomic E-state index is 13.0. The van der Waals surface area contributed by atoms with Crippen LogP contribution in [0.4, 0.5) is 0 Å². The van der Waals surface area contributed by atoms with Gasteiger partial charge in [0, 0.05) is 24.9 Å². The molecule has 0 bridgehead atoms. The number of nitrogens with zero attached hydrogens (tertiary/aromatic N) is 1. The molecule has 0 N–H and O–H groups in total. The fraction of sp³-hybridized carbons (Fsp3) is 0.739. The van der Waals surface area contributed by atoms with Gasteiger partial charge in [-0.25, -0.2) is 0 Å². The number of carbonyl (C=O) groups excluding carboxylic acids is 2. The fourth-order valence-corrected chi connectivity index (χ4v) is 6.52. The van der Waals surface area contributed by atoms with Crippen molar-refractivity contribution in [1.29, 1.82) is 0 Å². The van der Waals surface area contributed by atoms with E-state index in [-0.39, 0.29) is 11.8 Å². The summed E-state index contributed by atoms with van der Waals surface area (Å²) in [6.45, 7) is 3.79. The number of rotatable bonds is 3. The van der Waals surface area contributed by atoms with Crippen LogP contribution < -0.4 is 0 Å². The summed E-state index contributed by atoms with van der Waals surface area (Å²) in [4.78, 5) is 28.0. The van der Waals surface area contributed by atoms with Gasteiger partial charge in [-0.1, -0.05) is 18.4 Å². The van der Waals surface area contributed by atoms with Gasteiger partial charge < -0.3 is 4.74 Å². The van der Waals surface area contributed by atoms with Gasteiger partial charge in [-0.15, -0.1) is 0 Å². The molecule has 4 nitrogen and oxygen atoms in total. The zero-order valence-corrected chi connectivity index (χ0v) is 16.3. The molecule has 146 valence electrons. The average molecular weight is 370 g/mol. The molecule has 0 aromatic rings. The van der Waals surface area contributed by atoms with Crippen molar-refractivity contribution in [2.45, 2.75) is 51.4 Å². The minimum Gasteiger partial charge on any atom is -0.379 e. The quantitative estimate of drug-likeness (QED) is 0.766. The van der Waals surface area contributed by atoms with E-state index in [1.807, 2.05) is 6.08 Å². The Hall–Kier alpha value is -1.26. The summed E-state index contributed by atoms with van der Waals surface area (Å²) in [5.74, 6) is 2.31. The first-order valence-corrected chi connectivity index (χ1v) is 11.0. The average Bonchev–Trinajstić information content (AvgIpc) is 3.14. The molecule has 0 spiro atoms. The SMILES string of the molecule is O=C(CN1CCOCC1)C1CCC2=C1CCC1C2=CC(=O)C2CCCCC21. The Labute approximate surface area is 162 Å². The van der Waals surface area contributed by atoms with E-state index >= 15 is 0 Å². The molecule has 4 atom stereocenters. The van der Waals surface area contributed by atoms with Gasteiger partial charge >= 0.3 is 0 Å². The summed E-state index contributed by atoms with van der Waals surface area (Å²) in [5, 5.41) is 0. The number of hydrogen-bond donors (Lipinski definition) is 0. The van der Waals surface area contributed by atoms with Gasteiger partial charge in [0.15, 0.2) is 11.6 Å². The monoisotopic (exact) mass is 369 g/mol. The molecule has 2 fully saturated rings. The van der Waals surface area contributed by atoms with Crippen molar-refractivity contribution < 1.29 is 14.3 Å². The first kappa shape index (κ1) is 17.8. The van der Waals surface area contributed by atoms with Crippen molar-refractivity contribution in [3.63, 3.8) is 0 Å². The molecular formula is C23H31NO3. The molecule has 27 heavy (non-hydrogen) atoms. The van der Waals surface area contributed by atoms with Crippen LogP contribution in [0.5, 0.6) is 0 Å². The van der Waals surface area contributed by atoms with E-state index in [1.54, 1.807) is 0 Å². The second-order valence-corrected chi connectivity index (χ2v) is 9.15. The van der Waals surface area contributed by atoms with Gasteiger partial charge in [0.25, 0.3) is 0 Å². The highest BCUT2D eigenvalue weighted by molar-refractivity contribution is 5.95. The Balaban J connectivity index is 1.37. The third-order valence-corrected chi connectivity index (χ3v) is 7.84. The topological polar surface area (TPSA) is 46.6 Å². The van der Waals surface area contributed by atoms with E-state index in [2.05, 4.69) is 4.90 Å². The largest absolute Gasteiger partial charge is 0.379 e. The first-order valence-electron chi connectivity index (χ1n) is 11.0. The van der Waals surface area contributed by atoms with E-state index in [1.165, 1.54) is 36.0 Å². The van der Waals surface area contributed by atoms with Gasteiger partial charge in [0.2, 0.25) is 0 Å². The lowest BCUT2D eigenvalue weighted by Gasteiger charge is -2.43. The van der Waals surface area contributed by atoms with Gasteiger partial charge in [0.1, 0.15) is 0 Å². The zero-order valence-electron chi connectivity index (χ0n) is 16.3. The lowest BCUT2D eigenvalue weighted by Crippen LogP contribution is -2.41. The predicted molar refractivity (Wildman–Crippen MR) is 103 cm³/mol. The molecule has 1 heterocycles. The van der Waals surface area contributed by atoms with Crippen LogP contribution in [0.2, 0.25) is 0 Å². The number of allylic oxidation sites excluding steroid dienone is 4. The minimum atomic E-state index is 0.101. The van der Waals surface area contributed by atoms with Crippen LogP contribution in [0.3, 0.4) is 0 Å². The van der Waals surface area contributed by atoms with Crippen molar-refractivity contribution >= 4 is 11.6 Å². The normalized spacial score (nSPS) is 36.7. The number of fused-ring (bicyclic) bond motifs is 4. The molecule has 1 saturated heterocycles. The maximum Gasteiger partial charge on any atom is 0.159 e. The van der Waals surface area contributed by atoms with Crippen LogP contribution in [0.15, 0.2) is 22.8 Å². The molecule has 4 heteroatoms. The highest BCUT2D eigenvalue weighted by Crippen LogP contribution is 2.53. The Morgan fingerprint density at radius 1 is 1.04 bits per heavy atom.